The first-order valence-electron chi connectivity index (χ1n) is 7.80. The zero-order valence-corrected chi connectivity index (χ0v) is 13.8. The van der Waals surface area contributed by atoms with Gasteiger partial charge in [-0.05, 0) is 30.3 Å². The van der Waals surface area contributed by atoms with Crippen LogP contribution in [0.15, 0.2) is 57.9 Å². The van der Waals surface area contributed by atoms with Gasteiger partial charge in [0.1, 0.15) is 29.3 Å². The molecule has 0 saturated carbocycles. The third-order valence-electron chi connectivity index (χ3n) is 3.73. The van der Waals surface area contributed by atoms with Crippen molar-refractivity contribution >= 4 is 11.1 Å². The van der Waals surface area contributed by atoms with Crippen molar-refractivity contribution < 1.29 is 14.3 Å². The Morgan fingerprint density at radius 3 is 2.85 bits per heavy atom. The molecule has 8 heteroatoms. The Morgan fingerprint density at radius 2 is 2.08 bits per heavy atom. The summed E-state index contributed by atoms with van der Waals surface area (Å²) < 4.78 is 12.6. The van der Waals surface area contributed by atoms with Crippen LogP contribution in [0.2, 0.25) is 0 Å². The smallest absolute Gasteiger partial charge is 0.266 e. The molecule has 1 aromatic carbocycles. The van der Waals surface area contributed by atoms with Gasteiger partial charge in [-0.2, -0.15) is 5.10 Å². The van der Waals surface area contributed by atoms with E-state index in [1.54, 1.807) is 43.4 Å². The van der Waals surface area contributed by atoms with E-state index in [-0.39, 0.29) is 17.9 Å². The van der Waals surface area contributed by atoms with Crippen molar-refractivity contribution in [1.82, 2.24) is 19.7 Å². The highest BCUT2D eigenvalue weighted by Gasteiger charge is 2.11. The number of hydrogen-bond donors (Lipinski definition) is 1. The monoisotopic (exact) mass is 350 g/mol. The van der Waals surface area contributed by atoms with Gasteiger partial charge in [0.25, 0.3) is 5.56 Å². The van der Waals surface area contributed by atoms with Crippen LogP contribution < -0.4 is 10.3 Å². The van der Waals surface area contributed by atoms with Gasteiger partial charge in [0.2, 0.25) is 5.89 Å². The largest absolute Gasteiger partial charge is 0.506 e. The van der Waals surface area contributed by atoms with Gasteiger partial charge in [0.05, 0.1) is 11.9 Å². The Morgan fingerprint density at radius 1 is 1.19 bits per heavy atom. The van der Waals surface area contributed by atoms with Crippen molar-refractivity contribution in [2.24, 2.45) is 7.05 Å². The molecule has 0 fully saturated rings. The van der Waals surface area contributed by atoms with Crippen molar-refractivity contribution in [2.75, 3.05) is 0 Å². The zero-order valence-electron chi connectivity index (χ0n) is 13.8. The Hall–Kier alpha value is -3.68. The second-order valence-corrected chi connectivity index (χ2v) is 5.63. The summed E-state index contributed by atoms with van der Waals surface area (Å²) >= 11 is 0. The minimum Gasteiger partial charge on any atom is -0.506 e. The lowest BCUT2D eigenvalue weighted by Crippen LogP contribution is -2.18. The van der Waals surface area contributed by atoms with Gasteiger partial charge in [-0.3, -0.25) is 9.78 Å². The SMILES string of the molecule is Cn1nc(-c2nc3cc(OCc4ccc(O)cn4)ccc3o2)ccc1=O. The first kappa shape index (κ1) is 15.8. The predicted molar refractivity (Wildman–Crippen MR) is 92.7 cm³/mol. The van der Waals surface area contributed by atoms with Gasteiger partial charge in [0, 0.05) is 19.2 Å². The van der Waals surface area contributed by atoms with Crippen LogP contribution >= 0.6 is 0 Å². The molecule has 4 rings (SSSR count). The Labute approximate surface area is 147 Å². The third-order valence-corrected chi connectivity index (χ3v) is 3.73. The Kier molecular flexibility index (Phi) is 3.85. The van der Waals surface area contributed by atoms with Crippen LogP contribution in [-0.2, 0) is 13.7 Å². The molecule has 0 radical (unpaired) electrons. The molecule has 0 saturated heterocycles. The van der Waals surface area contributed by atoms with Crippen molar-refractivity contribution in [3.8, 4) is 23.1 Å². The number of pyridine rings is 1. The highest BCUT2D eigenvalue weighted by molar-refractivity contribution is 5.77. The summed E-state index contributed by atoms with van der Waals surface area (Å²) in [6, 6.07) is 11.5. The van der Waals surface area contributed by atoms with Gasteiger partial charge >= 0.3 is 0 Å². The predicted octanol–water partition coefficient (Wildman–Crippen LogP) is 2.27. The number of aromatic hydroxyl groups is 1. The molecule has 3 heterocycles. The number of aryl methyl sites for hydroxylation is 1. The minimum atomic E-state index is -0.205. The molecule has 0 amide bonds. The van der Waals surface area contributed by atoms with Crippen LogP contribution in [0.4, 0.5) is 0 Å². The van der Waals surface area contributed by atoms with Crippen LogP contribution in [0.3, 0.4) is 0 Å². The average Bonchev–Trinajstić information content (AvgIpc) is 3.07. The number of aromatic nitrogens is 4. The molecular weight excluding hydrogens is 336 g/mol. The maximum Gasteiger partial charge on any atom is 0.266 e. The van der Waals surface area contributed by atoms with Crippen molar-refractivity contribution in [1.29, 1.82) is 0 Å². The molecule has 0 aliphatic carbocycles. The Bertz CT molecular complexity index is 1130. The first-order valence-corrected chi connectivity index (χ1v) is 7.80. The molecule has 4 aromatic rings. The summed E-state index contributed by atoms with van der Waals surface area (Å²) in [5.74, 6) is 1.05. The second-order valence-electron chi connectivity index (χ2n) is 5.63. The molecule has 0 unspecified atom stereocenters. The summed E-state index contributed by atoms with van der Waals surface area (Å²) in [6.07, 6.45) is 1.37. The summed E-state index contributed by atoms with van der Waals surface area (Å²) in [5, 5.41) is 13.4. The fourth-order valence-electron chi connectivity index (χ4n) is 2.38. The van der Waals surface area contributed by atoms with Crippen LogP contribution in [0.5, 0.6) is 11.5 Å². The van der Waals surface area contributed by atoms with Crippen molar-refractivity contribution in [2.45, 2.75) is 6.61 Å². The van der Waals surface area contributed by atoms with E-state index in [0.29, 0.717) is 34.1 Å². The van der Waals surface area contributed by atoms with Crippen LogP contribution in [0.1, 0.15) is 5.69 Å². The van der Waals surface area contributed by atoms with Gasteiger partial charge < -0.3 is 14.3 Å². The minimum absolute atomic E-state index is 0.109. The lowest BCUT2D eigenvalue weighted by molar-refractivity contribution is 0.301. The van der Waals surface area contributed by atoms with E-state index in [4.69, 9.17) is 9.15 Å². The lowest BCUT2D eigenvalue weighted by atomic mass is 10.3. The average molecular weight is 350 g/mol. The van der Waals surface area contributed by atoms with Crippen LogP contribution in [0.25, 0.3) is 22.7 Å². The third kappa shape index (κ3) is 3.12. The normalized spacial score (nSPS) is 11.0. The van der Waals surface area contributed by atoms with E-state index in [1.807, 2.05) is 0 Å². The number of benzene rings is 1. The molecule has 0 aliphatic heterocycles. The highest BCUT2D eigenvalue weighted by Crippen LogP contribution is 2.26. The van der Waals surface area contributed by atoms with E-state index >= 15 is 0 Å². The van der Waals surface area contributed by atoms with Crippen LogP contribution in [0, 0.1) is 0 Å². The molecule has 0 atom stereocenters. The molecule has 0 aliphatic rings. The summed E-state index contributed by atoms with van der Waals surface area (Å²) in [7, 11) is 1.57. The van der Waals surface area contributed by atoms with E-state index < -0.39 is 0 Å². The van der Waals surface area contributed by atoms with E-state index in [0.717, 1.165) is 0 Å². The summed E-state index contributed by atoms with van der Waals surface area (Å²) in [6.45, 7) is 0.263. The number of rotatable bonds is 4. The fourth-order valence-corrected chi connectivity index (χ4v) is 2.38. The maximum atomic E-state index is 11.4. The van der Waals surface area contributed by atoms with Gasteiger partial charge in [-0.15, -0.1) is 0 Å². The fraction of sp³-hybridized carbons (Fsp3) is 0.111. The Balaban J connectivity index is 1.58. The summed E-state index contributed by atoms with van der Waals surface area (Å²) in [4.78, 5) is 19.9. The van der Waals surface area contributed by atoms with E-state index in [2.05, 4.69) is 15.1 Å². The number of nitrogens with zero attached hydrogens (tertiary/aromatic N) is 4. The topological polar surface area (TPSA) is 103 Å². The number of fused-ring (bicyclic) bond motifs is 1. The van der Waals surface area contributed by atoms with Gasteiger partial charge in [0.15, 0.2) is 5.58 Å². The highest BCUT2D eigenvalue weighted by atomic mass is 16.5. The molecular formula is C18H14N4O4. The lowest BCUT2D eigenvalue weighted by Gasteiger charge is -2.05. The quantitative estimate of drug-likeness (QED) is 0.602. The molecule has 3 aromatic heterocycles. The van der Waals surface area contributed by atoms with Crippen LogP contribution in [-0.4, -0.2) is 24.9 Å². The molecule has 26 heavy (non-hydrogen) atoms. The van der Waals surface area contributed by atoms with E-state index in [1.165, 1.54) is 16.9 Å². The number of ether oxygens (including phenoxy) is 1. The maximum absolute atomic E-state index is 11.4. The zero-order chi connectivity index (χ0) is 18.1. The van der Waals surface area contributed by atoms with Gasteiger partial charge in [-0.1, -0.05) is 0 Å². The first-order chi connectivity index (χ1) is 12.6. The second kappa shape index (κ2) is 6.32. The summed E-state index contributed by atoms with van der Waals surface area (Å²) in [5.41, 5.74) is 2.16. The molecule has 8 nitrogen and oxygen atoms in total. The molecule has 130 valence electrons. The number of oxazole rings is 1. The standard InChI is InChI=1S/C18H14N4O4/c1-22-17(24)7-5-14(21-22)18-20-15-8-13(4-6-16(15)26-18)25-10-11-2-3-12(23)9-19-11/h2-9,23H,10H2,1H3. The molecule has 1 N–H and O–H groups in total. The molecule has 0 spiro atoms. The molecule has 0 bridgehead atoms. The van der Waals surface area contributed by atoms with E-state index in [9.17, 15) is 9.90 Å². The van der Waals surface area contributed by atoms with Gasteiger partial charge in [-0.25, -0.2) is 9.67 Å². The van der Waals surface area contributed by atoms with Crippen molar-refractivity contribution in [3.05, 3.63) is 64.7 Å². The number of hydrogen-bond acceptors (Lipinski definition) is 7. The van der Waals surface area contributed by atoms with Crippen molar-refractivity contribution in [3.63, 3.8) is 0 Å².